The van der Waals surface area contributed by atoms with E-state index in [9.17, 15) is 0 Å². The molecule has 0 N–H and O–H groups in total. The topological polar surface area (TPSA) is 9.86 Å². The zero-order chi connectivity index (χ0) is 30.8. The van der Waals surface area contributed by atoms with Crippen LogP contribution in [0.15, 0.2) is 158 Å². The van der Waals surface area contributed by atoms with Gasteiger partial charge in [0.1, 0.15) is 0 Å². The predicted molar refractivity (Wildman–Crippen MR) is 195 cm³/mol. The molecule has 2 nitrogen and oxygen atoms in total. The fourth-order valence-corrected chi connectivity index (χ4v) is 7.60. The quantitative estimate of drug-likeness (QED) is 0.194. The molecule has 0 aliphatic heterocycles. The van der Waals surface area contributed by atoms with Crippen LogP contribution in [0.2, 0.25) is 0 Å². The number of rotatable bonds is 4. The van der Waals surface area contributed by atoms with Crippen molar-refractivity contribution >= 4 is 43.6 Å². The van der Waals surface area contributed by atoms with Crippen LogP contribution in [0.3, 0.4) is 0 Å². The van der Waals surface area contributed by atoms with Crippen LogP contribution >= 0.6 is 0 Å². The number of fused-ring (bicyclic) bond motifs is 6. The Morgan fingerprint density at radius 1 is 0.348 bits per heavy atom. The van der Waals surface area contributed by atoms with Crippen molar-refractivity contribution < 1.29 is 0 Å². The molecule has 2 heteroatoms. The predicted octanol–water partition coefficient (Wildman–Crippen LogP) is 11.8. The van der Waals surface area contributed by atoms with Gasteiger partial charge in [-0.1, -0.05) is 109 Å². The molecule has 0 atom stereocenters. The number of aromatic nitrogens is 2. The smallest absolute Gasteiger partial charge is 0.0541 e. The third-order valence-electron chi connectivity index (χ3n) is 9.53. The molecule has 218 valence electrons. The van der Waals surface area contributed by atoms with Crippen LogP contribution in [0.4, 0.5) is 0 Å². The molecule has 46 heavy (non-hydrogen) atoms. The summed E-state index contributed by atoms with van der Waals surface area (Å²) < 4.78 is 4.86. The number of hydrogen-bond acceptors (Lipinski definition) is 0. The van der Waals surface area contributed by atoms with E-state index in [-0.39, 0.29) is 0 Å². The van der Waals surface area contributed by atoms with Crippen molar-refractivity contribution in [3.8, 4) is 33.6 Å². The molecule has 0 saturated carbocycles. The van der Waals surface area contributed by atoms with Crippen molar-refractivity contribution in [3.05, 3.63) is 169 Å². The van der Waals surface area contributed by atoms with Gasteiger partial charge in [-0.2, -0.15) is 0 Å². The molecule has 9 rings (SSSR count). The molecular weight excluding hydrogens is 556 g/mol. The van der Waals surface area contributed by atoms with E-state index in [0.717, 1.165) is 0 Å². The number of nitrogens with zero attached hydrogens (tertiary/aromatic N) is 2. The van der Waals surface area contributed by atoms with Crippen molar-refractivity contribution in [1.29, 1.82) is 0 Å². The highest BCUT2D eigenvalue weighted by atomic mass is 15.0. The first-order valence-electron chi connectivity index (χ1n) is 16.0. The third-order valence-corrected chi connectivity index (χ3v) is 9.53. The van der Waals surface area contributed by atoms with Gasteiger partial charge in [0.15, 0.2) is 0 Å². The summed E-state index contributed by atoms with van der Waals surface area (Å²) in [7, 11) is 0. The van der Waals surface area contributed by atoms with E-state index >= 15 is 0 Å². The minimum atomic E-state index is 1.19. The number of benzene rings is 7. The van der Waals surface area contributed by atoms with E-state index in [1.165, 1.54) is 88.4 Å². The van der Waals surface area contributed by atoms with Gasteiger partial charge in [0.05, 0.1) is 33.4 Å². The van der Waals surface area contributed by atoms with Gasteiger partial charge in [0, 0.05) is 27.1 Å². The Kier molecular flexibility index (Phi) is 5.97. The SMILES string of the molecule is Cc1cc(-c2cccc(-c3ccccc3-n3c4ccccc4c4ccccc43)c2)cc(C)c1-n1c2ccccc2c2ccccc21. The lowest BCUT2D eigenvalue weighted by Crippen LogP contribution is -2.01. The van der Waals surface area contributed by atoms with Gasteiger partial charge in [0.2, 0.25) is 0 Å². The number of para-hydroxylation sites is 5. The molecule has 0 fully saturated rings. The minimum absolute atomic E-state index is 1.19. The van der Waals surface area contributed by atoms with Crippen LogP contribution in [0.1, 0.15) is 11.1 Å². The molecule has 0 saturated heterocycles. The standard InChI is InChI=1S/C44H32N2/c1-29-26-33(27-30(2)44(29)46-42-24-11-6-19-37(42)38-20-7-12-25-43(38)46)31-14-13-15-32(28-31)34-16-3-8-21-39(34)45-40-22-9-4-17-35(40)36-18-5-10-23-41(36)45/h3-28H,1-2H3. The monoisotopic (exact) mass is 588 g/mol. The van der Waals surface area contributed by atoms with E-state index in [4.69, 9.17) is 0 Å². The number of aryl methyl sites for hydroxylation is 2. The van der Waals surface area contributed by atoms with E-state index in [1.54, 1.807) is 0 Å². The molecule has 0 radical (unpaired) electrons. The Hall–Kier alpha value is -5.86. The minimum Gasteiger partial charge on any atom is -0.309 e. The average molecular weight is 589 g/mol. The zero-order valence-electron chi connectivity index (χ0n) is 25.9. The van der Waals surface area contributed by atoms with Crippen molar-refractivity contribution in [1.82, 2.24) is 9.13 Å². The van der Waals surface area contributed by atoms with Crippen LogP contribution in [-0.4, -0.2) is 9.13 Å². The fraction of sp³-hybridized carbons (Fsp3) is 0.0455. The van der Waals surface area contributed by atoms with Gasteiger partial charge < -0.3 is 9.13 Å². The Labute approximate surface area is 268 Å². The molecule has 7 aromatic carbocycles. The van der Waals surface area contributed by atoms with Crippen LogP contribution in [-0.2, 0) is 0 Å². The highest BCUT2D eigenvalue weighted by Gasteiger charge is 2.18. The highest BCUT2D eigenvalue weighted by molar-refractivity contribution is 6.10. The summed E-state index contributed by atoms with van der Waals surface area (Å²) in [5.41, 5.74) is 14.8. The molecule has 9 aromatic rings. The Bertz CT molecular complexity index is 2480. The van der Waals surface area contributed by atoms with Crippen molar-refractivity contribution in [2.24, 2.45) is 0 Å². The lowest BCUT2D eigenvalue weighted by molar-refractivity contribution is 1.12. The summed E-state index contributed by atoms with van der Waals surface area (Å²) in [6.07, 6.45) is 0. The van der Waals surface area contributed by atoms with Crippen LogP contribution in [0.5, 0.6) is 0 Å². The maximum absolute atomic E-state index is 2.44. The molecule has 0 amide bonds. The van der Waals surface area contributed by atoms with Crippen LogP contribution < -0.4 is 0 Å². The van der Waals surface area contributed by atoms with Crippen LogP contribution in [0, 0.1) is 13.8 Å². The van der Waals surface area contributed by atoms with Gasteiger partial charge in [-0.25, -0.2) is 0 Å². The summed E-state index contributed by atoms with van der Waals surface area (Å²) in [6, 6.07) is 57.4. The maximum Gasteiger partial charge on any atom is 0.0541 e. The summed E-state index contributed by atoms with van der Waals surface area (Å²) >= 11 is 0. The second kappa shape index (κ2) is 10.4. The Morgan fingerprint density at radius 2 is 0.783 bits per heavy atom. The first-order chi connectivity index (χ1) is 22.7. The largest absolute Gasteiger partial charge is 0.309 e. The first kappa shape index (κ1) is 26.5. The van der Waals surface area contributed by atoms with Gasteiger partial charge in [-0.3, -0.25) is 0 Å². The lowest BCUT2D eigenvalue weighted by Gasteiger charge is -2.17. The molecule has 0 aliphatic carbocycles. The van der Waals surface area contributed by atoms with E-state index in [2.05, 4.69) is 181 Å². The van der Waals surface area contributed by atoms with Crippen molar-refractivity contribution in [2.75, 3.05) is 0 Å². The lowest BCUT2D eigenvalue weighted by atomic mass is 9.95. The molecule has 2 aromatic heterocycles. The normalized spacial score (nSPS) is 11.7. The summed E-state index contributed by atoms with van der Waals surface area (Å²) in [5.74, 6) is 0. The maximum atomic E-state index is 2.44. The van der Waals surface area contributed by atoms with Gasteiger partial charge in [-0.15, -0.1) is 0 Å². The van der Waals surface area contributed by atoms with Gasteiger partial charge in [-0.05, 0) is 90.2 Å². The van der Waals surface area contributed by atoms with Crippen molar-refractivity contribution in [2.45, 2.75) is 13.8 Å². The molecular formula is C44H32N2. The summed E-state index contributed by atoms with van der Waals surface area (Å²) in [5, 5.41) is 5.12. The second-order valence-corrected chi connectivity index (χ2v) is 12.3. The van der Waals surface area contributed by atoms with Crippen LogP contribution in [0.25, 0.3) is 77.2 Å². The number of hydrogen-bond donors (Lipinski definition) is 0. The molecule has 0 aliphatic rings. The zero-order valence-corrected chi connectivity index (χ0v) is 25.9. The van der Waals surface area contributed by atoms with E-state index in [1.807, 2.05) is 0 Å². The van der Waals surface area contributed by atoms with Crippen molar-refractivity contribution in [3.63, 3.8) is 0 Å². The Morgan fingerprint density at radius 3 is 1.33 bits per heavy atom. The first-order valence-corrected chi connectivity index (χ1v) is 16.0. The molecule has 0 unspecified atom stereocenters. The second-order valence-electron chi connectivity index (χ2n) is 12.3. The summed E-state index contributed by atoms with van der Waals surface area (Å²) in [6.45, 7) is 4.49. The van der Waals surface area contributed by atoms with Gasteiger partial charge in [0.25, 0.3) is 0 Å². The fourth-order valence-electron chi connectivity index (χ4n) is 7.60. The average Bonchev–Trinajstić information content (AvgIpc) is 3.61. The molecule has 2 heterocycles. The molecule has 0 spiro atoms. The van der Waals surface area contributed by atoms with E-state index < -0.39 is 0 Å². The molecule has 0 bridgehead atoms. The summed E-state index contributed by atoms with van der Waals surface area (Å²) in [4.78, 5) is 0. The van der Waals surface area contributed by atoms with E-state index in [0.29, 0.717) is 0 Å². The van der Waals surface area contributed by atoms with Gasteiger partial charge >= 0.3 is 0 Å². The highest BCUT2D eigenvalue weighted by Crippen LogP contribution is 2.39. The third kappa shape index (κ3) is 3.97. The Balaban J connectivity index is 1.19.